The molecule has 2 amide bonds. The predicted octanol–water partition coefficient (Wildman–Crippen LogP) is 0.843. The van der Waals surface area contributed by atoms with E-state index in [4.69, 9.17) is 0 Å². The minimum atomic E-state index is -2.25. The predicted molar refractivity (Wildman–Crippen MR) is 76.5 cm³/mol. The number of fused-ring (bicyclic) bond motifs is 2. The highest BCUT2D eigenvalue weighted by Crippen LogP contribution is 2.40. The first kappa shape index (κ1) is 15.6. The fourth-order valence-corrected chi connectivity index (χ4v) is 4.24. The van der Waals surface area contributed by atoms with Crippen LogP contribution < -0.4 is 5.32 Å². The first-order valence-corrected chi connectivity index (χ1v) is 8.11. The molecule has 3 aliphatic rings. The molecule has 3 fully saturated rings. The molecule has 22 heavy (non-hydrogen) atoms. The summed E-state index contributed by atoms with van der Waals surface area (Å²) < 4.78 is 25.1. The van der Waals surface area contributed by atoms with Crippen molar-refractivity contribution in [1.82, 2.24) is 15.1 Å². The van der Waals surface area contributed by atoms with Crippen LogP contribution in [-0.2, 0) is 9.59 Å². The third-order valence-corrected chi connectivity index (χ3v) is 5.11. The van der Waals surface area contributed by atoms with Crippen LogP contribution in [0, 0.1) is 5.92 Å². The maximum absolute atomic E-state index is 12.6. The quantitative estimate of drug-likeness (QED) is 0.836. The van der Waals surface area contributed by atoms with Gasteiger partial charge in [-0.15, -0.1) is 0 Å². The van der Waals surface area contributed by atoms with Crippen LogP contribution in [0.2, 0.25) is 0 Å². The lowest BCUT2D eigenvalue weighted by molar-refractivity contribution is -0.138. The largest absolute Gasteiger partial charge is 0.354 e. The average Bonchev–Trinajstić information content (AvgIpc) is 2.70. The third-order valence-electron chi connectivity index (χ3n) is 5.11. The molecule has 3 saturated heterocycles. The molecule has 3 aliphatic heterocycles. The molecule has 2 atom stereocenters. The van der Waals surface area contributed by atoms with Crippen LogP contribution in [-0.4, -0.2) is 66.3 Å². The maximum Gasteiger partial charge on any atom is 0.238 e. The Morgan fingerprint density at radius 1 is 1.27 bits per heavy atom. The molecule has 0 radical (unpaired) electrons. The molecule has 3 rings (SSSR count). The Morgan fingerprint density at radius 2 is 1.95 bits per heavy atom. The lowest BCUT2D eigenvalue weighted by Gasteiger charge is -2.40. The van der Waals surface area contributed by atoms with Gasteiger partial charge in [0, 0.05) is 31.6 Å². The Morgan fingerprint density at radius 3 is 2.55 bits per heavy atom. The van der Waals surface area contributed by atoms with E-state index in [-0.39, 0.29) is 49.3 Å². The van der Waals surface area contributed by atoms with Crippen molar-refractivity contribution in [1.29, 1.82) is 0 Å². The highest BCUT2D eigenvalue weighted by atomic mass is 19.3. The Balaban J connectivity index is 1.56. The van der Waals surface area contributed by atoms with Gasteiger partial charge in [-0.2, -0.15) is 0 Å². The molecule has 0 aromatic heterocycles. The zero-order valence-electron chi connectivity index (χ0n) is 12.6. The average molecular weight is 315 g/mol. The molecule has 124 valence electrons. The van der Waals surface area contributed by atoms with Crippen LogP contribution >= 0.6 is 0 Å². The summed E-state index contributed by atoms with van der Waals surface area (Å²) in [6, 6.07) is 0.238. The van der Waals surface area contributed by atoms with Gasteiger partial charge in [-0.3, -0.25) is 14.5 Å². The lowest BCUT2D eigenvalue weighted by atomic mass is 9.88. The van der Waals surface area contributed by atoms with Gasteiger partial charge >= 0.3 is 0 Å². The summed E-state index contributed by atoms with van der Waals surface area (Å²) in [5, 5.41) is 2.74. The summed E-state index contributed by atoms with van der Waals surface area (Å²) in [6.07, 6.45) is 0.966. The van der Waals surface area contributed by atoms with E-state index in [9.17, 15) is 18.4 Å². The summed E-state index contributed by atoms with van der Waals surface area (Å²) in [5.74, 6) is 0.0534. The van der Waals surface area contributed by atoms with E-state index in [1.165, 1.54) is 0 Å². The van der Waals surface area contributed by atoms with Gasteiger partial charge in [0.1, 0.15) is 0 Å². The minimum Gasteiger partial charge on any atom is -0.354 e. The third kappa shape index (κ3) is 3.39. The molecule has 7 heteroatoms. The van der Waals surface area contributed by atoms with Crippen molar-refractivity contribution >= 4 is 11.8 Å². The van der Waals surface area contributed by atoms with Gasteiger partial charge in [-0.25, -0.2) is 8.78 Å². The number of rotatable bonds is 4. The molecule has 1 N–H and O–H groups in total. The molecule has 0 spiro atoms. The van der Waals surface area contributed by atoms with E-state index in [1.54, 1.807) is 0 Å². The first-order chi connectivity index (χ1) is 10.5. The van der Waals surface area contributed by atoms with Gasteiger partial charge in [-0.05, 0) is 31.6 Å². The van der Waals surface area contributed by atoms with Crippen LogP contribution in [0.5, 0.6) is 0 Å². The van der Waals surface area contributed by atoms with Crippen molar-refractivity contribution < 1.29 is 18.4 Å². The number of nitrogens with zero attached hydrogens (tertiary/aromatic N) is 2. The number of carbonyl (C=O) groups is 2. The zero-order valence-corrected chi connectivity index (χ0v) is 12.6. The second-order valence-corrected chi connectivity index (χ2v) is 6.71. The van der Waals surface area contributed by atoms with Crippen molar-refractivity contribution in [2.45, 2.75) is 50.6 Å². The summed E-state index contributed by atoms with van der Waals surface area (Å²) in [6.45, 7) is 1.80. The molecule has 0 aromatic rings. The molecule has 3 heterocycles. The van der Waals surface area contributed by atoms with E-state index in [1.807, 2.05) is 9.80 Å². The van der Waals surface area contributed by atoms with E-state index in [2.05, 4.69) is 5.32 Å². The SMILES string of the molecule is O=C1CN(CC(=O)N2C3CCC2CC(CC(F)F)C3)CCN1. The molecule has 0 aliphatic carbocycles. The Hall–Kier alpha value is -1.24. The Labute approximate surface area is 129 Å². The molecule has 0 saturated carbocycles. The van der Waals surface area contributed by atoms with Gasteiger partial charge < -0.3 is 10.2 Å². The Bertz CT molecular complexity index is 433. The van der Waals surface area contributed by atoms with Crippen LogP contribution in [0.15, 0.2) is 0 Å². The fourth-order valence-electron chi connectivity index (χ4n) is 4.24. The molecule has 2 unspecified atom stereocenters. The Kier molecular flexibility index (Phi) is 4.61. The van der Waals surface area contributed by atoms with E-state index in [0.29, 0.717) is 25.9 Å². The van der Waals surface area contributed by atoms with Crippen LogP contribution in [0.1, 0.15) is 32.1 Å². The van der Waals surface area contributed by atoms with Crippen molar-refractivity contribution in [3.8, 4) is 0 Å². The van der Waals surface area contributed by atoms with E-state index in [0.717, 1.165) is 12.8 Å². The van der Waals surface area contributed by atoms with E-state index < -0.39 is 6.43 Å². The summed E-state index contributed by atoms with van der Waals surface area (Å²) in [5.41, 5.74) is 0. The monoisotopic (exact) mass is 315 g/mol. The van der Waals surface area contributed by atoms with Gasteiger partial charge in [0.2, 0.25) is 18.2 Å². The highest BCUT2D eigenvalue weighted by molar-refractivity contribution is 5.82. The number of carbonyl (C=O) groups excluding carboxylic acids is 2. The second kappa shape index (κ2) is 6.48. The van der Waals surface area contributed by atoms with Crippen LogP contribution in [0.3, 0.4) is 0 Å². The van der Waals surface area contributed by atoms with Gasteiger partial charge in [0.15, 0.2) is 0 Å². The normalized spacial score (nSPS) is 32.4. The number of alkyl halides is 2. The van der Waals surface area contributed by atoms with Gasteiger partial charge in [0.05, 0.1) is 13.1 Å². The number of halogens is 2. The van der Waals surface area contributed by atoms with Crippen LogP contribution in [0.25, 0.3) is 0 Å². The summed E-state index contributed by atoms with van der Waals surface area (Å²) >= 11 is 0. The molecule has 2 bridgehead atoms. The maximum atomic E-state index is 12.6. The topological polar surface area (TPSA) is 52.7 Å². The number of hydrogen-bond donors (Lipinski definition) is 1. The van der Waals surface area contributed by atoms with Crippen molar-refractivity contribution in [3.05, 3.63) is 0 Å². The number of nitrogens with one attached hydrogen (secondary N) is 1. The van der Waals surface area contributed by atoms with Gasteiger partial charge in [-0.1, -0.05) is 0 Å². The fraction of sp³-hybridized carbons (Fsp3) is 0.867. The standard InChI is InChI=1S/C15H23F2N3O2/c16-13(17)7-10-5-11-1-2-12(6-10)20(11)15(22)9-19-4-3-18-14(21)8-19/h10-13H,1-9H2,(H,18,21). The smallest absolute Gasteiger partial charge is 0.238 e. The van der Waals surface area contributed by atoms with Crippen LogP contribution in [0.4, 0.5) is 8.78 Å². The number of amides is 2. The number of piperazine rings is 1. The highest BCUT2D eigenvalue weighted by Gasteiger charge is 2.43. The molecule has 0 aromatic carbocycles. The van der Waals surface area contributed by atoms with Crippen molar-refractivity contribution in [2.24, 2.45) is 5.92 Å². The van der Waals surface area contributed by atoms with Crippen molar-refractivity contribution in [3.63, 3.8) is 0 Å². The summed E-state index contributed by atoms with van der Waals surface area (Å²) in [7, 11) is 0. The first-order valence-electron chi connectivity index (χ1n) is 8.11. The van der Waals surface area contributed by atoms with Crippen molar-refractivity contribution in [2.75, 3.05) is 26.2 Å². The van der Waals surface area contributed by atoms with E-state index >= 15 is 0 Å². The zero-order chi connectivity index (χ0) is 15.7. The lowest BCUT2D eigenvalue weighted by Crippen LogP contribution is -2.54. The number of piperidine rings is 1. The van der Waals surface area contributed by atoms with Gasteiger partial charge in [0.25, 0.3) is 0 Å². The minimum absolute atomic E-state index is 0.0404. The molecular weight excluding hydrogens is 292 g/mol. The molecule has 5 nitrogen and oxygen atoms in total. The summed E-state index contributed by atoms with van der Waals surface area (Å²) in [4.78, 5) is 27.7. The number of hydrogen-bond acceptors (Lipinski definition) is 3. The second-order valence-electron chi connectivity index (χ2n) is 6.71. The molecular formula is C15H23F2N3O2.